The highest BCUT2D eigenvalue weighted by Crippen LogP contribution is 2.29. The second kappa shape index (κ2) is 7.47. The van der Waals surface area contributed by atoms with Gasteiger partial charge in [-0.25, -0.2) is 4.68 Å². The van der Waals surface area contributed by atoms with Gasteiger partial charge in [0.05, 0.1) is 18.0 Å². The fraction of sp³-hybridized carbons (Fsp3) is 0.526. The average Bonchev–Trinajstić information content (AvgIpc) is 2.91. The molecular formula is C19H27N3O2. The van der Waals surface area contributed by atoms with Gasteiger partial charge in [-0.15, -0.1) is 0 Å². The smallest absolute Gasteiger partial charge is 0.0648 e. The summed E-state index contributed by atoms with van der Waals surface area (Å²) in [7, 11) is 0. The van der Waals surface area contributed by atoms with Crippen molar-refractivity contribution in [1.82, 2.24) is 15.1 Å². The van der Waals surface area contributed by atoms with E-state index >= 15 is 0 Å². The van der Waals surface area contributed by atoms with Crippen molar-refractivity contribution in [1.29, 1.82) is 0 Å². The number of nitrogens with zero attached hydrogens (tertiary/aromatic N) is 2. The van der Waals surface area contributed by atoms with E-state index in [1.54, 1.807) is 0 Å². The van der Waals surface area contributed by atoms with E-state index in [0.717, 1.165) is 56.2 Å². The average molecular weight is 329 g/mol. The first-order valence-corrected chi connectivity index (χ1v) is 8.65. The van der Waals surface area contributed by atoms with Crippen molar-refractivity contribution in [3.8, 4) is 5.69 Å². The van der Waals surface area contributed by atoms with Crippen LogP contribution in [0, 0.1) is 19.3 Å². The number of aliphatic hydroxyl groups is 1. The molecule has 1 aromatic carbocycles. The number of benzene rings is 1. The van der Waals surface area contributed by atoms with Crippen LogP contribution in [0.25, 0.3) is 5.69 Å². The topological polar surface area (TPSA) is 59.3 Å². The molecule has 3 rings (SSSR count). The summed E-state index contributed by atoms with van der Waals surface area (Å²) in [6.07, 6.45) is 1.83. The molecule has 1 aliphatic rings. The molecule has 0 unspecified atom stereocenters. The van der Waals surface area contributed by atoms with Crippen molar-refractivity contribution < 1.29 is 9.84 Å². The first-order valence-electron chi connectivity index (χ1n) is 8.65. The number of rotatable bonds is 6. The third kappa shape index (κ3) is 3.53. The van der Waals surface area contributed by atoms with E-state index in [2.05, 4.69) is 31.3 Å². The van der Waals surface area contributed by atoms with E-state index in [1.807, 2.05) is 22.9 Å². The molecule has 1 aliphatic heterocycles. The van der Waals surface area contributed by atoms with Crippen LogP contribution in [0.5, 0.6) is 0 Å². The van der Waals surface area contributed by atoms with Crippen LogP contribution >= 0.6 is 0 Å². The fourth-order valence-corrected chi connectivity index (χ4v) is 3.40. The SMILES string of the molecule is Cc1nn(-c2ccccc2)c(C)c1CNCC1(CO)CCOCC1. The lowest BCUT2D eigenvalue weighted by Gasteiger charge is -2.35. The maximum absolute atomic E-state index is 9.79. The molecule has 24 heavy (non-hydrogen) atoms. The molecule has 0 aliphatic carbocycles. The summed E-state index contributed by atoms with van der Waals surface area (Å²) in [5, 5.41) is 18.0. The maximum atomic E-state index is 9.79. The lowest BCUT2D eigenvalue weighted by molar-refractivity contribution is -0.0154. The highest BCUT2D eigenvalue weighted by atomic mass is 16.5. The molecule has 1 saturated heterocycles. The third-order valence-corrected chi connectivity index (χ3v) is 5.13. The van der Waals surface area contributed by atoms with Crippen LogP contribution in [0.1, 0.15) is 29.8 Å². The van der Waals surface area contributed by atoms with Crippen LogP contribution in [0.3, 0.4) is 0 Å². The Morgan fingerprint density at radius 2 is 1.92 bits per heavy atom. The molecule has 1 aromatic heterocycles. The van der Waals surface area contributed by atoms with Crippen LogP contribution in [0.15, 0.2) is 30.3 Å². The first-order chi connectivity index (χ1) is 11.7. The number of aliphatic hydroxyl groups excluding tert-OH is 1. The van der Waals surface area contributed by atoms with Gasteiger partial charge >= 0.3 is 0 Å². The predicted molar refractivity (Wildman–Crippen MR) is 94.3 cm³/mol. The standard InChI is InChI=1S/C19H27N3O2/c1-15-18(12-20-13-19(14-23)8-10-24-11-9-19)16(2)22(21-15)17-6-4-3-5-7-17/h3-7,20,23H,8-14H2,1-2H3. The zero-order valence-corrected chi connectivity index (χ0v) is 14.6. The molecule has 0 bridgehead atoms. The van der Waals surface area contributed by atoms with Gasteiger partial charge in [0, 0.05) is 43.0 Å². The normalized spacial score (nSPS) is 17.1. The van der Waals surface area contributed by atoms with Crippen LogP contribution in [0.2, 0.25) is 0 Å². The zero-order chi connectivity index (χ0) is 17.0. The van der Waals surface area contributed by atoms with Crippen molar-refractivity contribution in [2.45, 2.75) is 33.2 Å². The Morgan fingerprint density at radius 3 is 2.58 bits per heavy atom. The van der Waals surface area contributed by atoms with E-state index < -0.39 is 0 Å². The van der Waals surface area contributed by atoms with Crippen LogP contribution in [-0.2, 0) is 11.3 Å². The number of nitrogens with one attached hydrogen (secondary N) is 1. The third-order valence-electron chi connectivity index (χ3n) is 5.13. The molecule has 0 radical (unpaired) electrons. The molecule has 5 heteroatoms. The summed E-state index contributed by atoms with van der Waals surface area (Å²) in [6, 6.07) is 10.2. The molecule has 0 atom stereocenters. The van der Waals surface area contributed by atoms with Gasteiger partial charge in [-0.05, 0) is 38.8 Å². The summed E-state index contributed by atoms with van der Waals surface area (Å²) in [5.41, 5.74) is 4.49. The van der Waals surface area contributed by atoms with Gasteiger partial charge in [-0.3, -0.25) is 0 Å². The van der Waals surface area contributed by atoms with Gasteiger partial charge in [-0.1, -0.05) is 18.2 Å². The minimum Gasteiger partial charge on any atom is -0.396 e. The van der Waals surface area contributed by atoms with Gasteiger partial charge in [0.25, 0.3) is 0 Å². The van der Waals surface area contributed by atoms with Crippen LogP contribution in [-0.4, -0.2) is 41.3 Å². The van der Waals surface area contributed by atoms with E-state index in [9.17, 15) is 5.11 Å². The highest BCUT2D eigenvalue weighted by molar-refractivity contribution is 5.36. The van der Waals surface area contributed by atoms with E-state index in [0.29, 0.717) is 0 Å². The Labute approximate surface area is 143 Å². The van der Waals surface area contributed by atoms with Crippen molar-refractivity contribution in [3.63, 3.8) is 0 Å². The minimum absolute atomic E-state index is 0.0461. The molecule has 0 spiro atoms. The molecule has 0 amide bonds. The lowest BCUT2D eigenvalue weighted by atomic mass is 9.81. The summed E-state index contributed by atoms with van der Waals surface area (Å²) < 4.78 is 7.43. The van der Waals surface area contributed by atoms with Gasteiger partial charge in [-0.2, -0.15) is 5.10 Å². The van der Waals surface area contributed by atoms with E-state index in [1.165, 1.54) is 5.56 Å². The molecule has 2 heterocycles. The predicted octanol–water partition coefficient (Wildman–Crippen LogP) is 2.37. The molecule has 1 fully saturated rings. The summed E-state index contributed by atoms with van der Waals surface area (Å²) in [5.74, 6) is 0. The number of para-hydroxylation sites is 1. The van der Waals surface area contributed by atoms with E-state index in [4.69, 9.17) is 9.84 Å². The maximum Gasteiger partial charge on any atom is 0.0648 e. The van der Waals surface area contributed by atoms with Gasteiger partial charge in [0.1, 0.15) is 0 Å². The van der Waals surface area contributed by atoms with Crippen LogP contribution < -0.4 is 5.32 Å². The largest absolute Gasteiger partial charge is 0.396 e. The van der Waals surface area contributed by atoms with Crippen LogP contribution in [0.4, 0.5) is 0 Å². The Hall–Kier alpha value is -1.69. The Morgan fingerprint density at radius 1 is 1.21 bits per heavy atom. The van der Waals surface area contributed by atoms with Crippen molar-refractivity contribution in [2.24, 2.45) is 5.41 Å². The molecule has 0 saturated carbocycles. The second-order valence-corrected chi connectivity index (χ2v) is 6.77. The molecule has 2 aromatic rings. The fourth-order valence-electron chi connectivity index (χ4n) is 3.40. The van der Waals surface area contributed by atoms with Gasteiger partial charge < -0.3 is 15.2 Å². The number of ether oxygens (including phenoxy) is 1. The van der Waals surface area contributed by atoms with Gasteiger partial charge in [0.15, 0.2) is 0 Å². The molecule has 130 valence electrons. The Kier molecular flexibility index (Phi) is 5.33. The molecular weight excluding hydrogens is 302 g/mol. The second-order valence-electron chi connectivity index (χ2n) is 6.77. The quantitative estimate of drug-likeness (QED) is 0.854. The Bertz CT molecular complexity index is 661. The number of hydrogen-bond donors (Lipinski definition) is 2. The Balaban J connectivity index is 1.68. The number of hydrogen-bond acceptors (Lipinski definition) is 4. The first kappa shape index (κ1) is 17.1. The molecule has 2 N–H and O–H groups in total. The molecule has 5 nitrogen and oxygen atoms in total. The zero-order valence-electron chi connectivity index (χ0n) is 14.6. The minimum atomic E-state index is -0.0461. The summed E-state index contributed by atoms with van der Waals surface area (Å²) in [6.45, 7) is 7.44. The van der Waals surface area contributed by atoms with Crippen molar-refractivity contribution in [3.05, 3.63) is 47.3 Å². The number of aromatic nitrogens is 2. The lowest BCUT2D eigenvalue weighted by Crippen LogP contribution is -2.41. The summed E-state index contributed by atoms with van der Waals surface area (Å²) >= 11 is 0. The monoisotopic (exact) mass is 329 g/mol. The van der Waals surface area contributed by atoms with E-state index in [-0.39, 0.29) is 12.0 Å². The number of aryl methyl sites for hydroxylation is 1. The summed E-state index contributed by atoms with van der Waals surface area (Å²) in [4.78, 5) is 0. The van der Waals surface area contributed by atoms with Crippen molar-refractivity contribution >= 4 is 0 Å². The van der Waals surface area contributed by atoms with Gasteiger partial charge in [0.2, 0.25) is 0 Å². The highest BCUT2D eigenvalue weighted by Gasteiger charge is 2.31. The van der Waals surface area contributed by atoms with Crippen molar-refractivity contribution in [2.75, 3.05) is 26.4 Å².